The van der Waals surface area contributed by atoms with Crippen LogP contribution in [0.1, 0.15) is 25.3 Å². The van der Waals surface area contributed by atoms with Crippen LogP contribution in [0.3, 0.4) is 0 Å². The molecule has 1 nitrogen and oxygen atoms in total. The Morgan fingerprint density at radius 3 is 2.42 bits per heavy atom. The zero-order valence-electron chi connectivity index (χ0n) is 14.1. The van der Waals surface area contributed by atoms with Crippen LogP contribution in [0.5, 0.6) is 0 Å². The molecule has 0 saturated heterocycles. The summed E-state index contributed by atoms with van der Waals surface area (Å²) in [4.78, 5) is 0. The summed E-state index contributed by atoms with van der Waals surface area (Å²) in [6.45, 7) is 4.55. The third kappa shape index (κ3) is 1.75. The fraction of sp³-hybridized carbons (Fsp3) is 0.182. The molecule has 0 atom stereocenters. The second-order valence-electron chi connectivity index (χ2n) is 6.92. The quantitative estimate of drug-likeness (QED) is 0.318. The van der Waals surface area contributed by atoms with Crippen LogP contribution in [0.4, 0.5) is 0 Å². The number of fused-ring (bicyclic) bond motifs is 6. The lowest BCUT2D eigenvalue weighted by atomic mass is 10.00. The largest absolute Gasteiger partial charge is 0.343 e. The summed E-state index contributed by atoms with van der Waals surface area (Å²) >= 11 is 1.90. The monoisotopic (exact) mass is 329 g/mol. The van der Waals surface area contributed by atoms with E-state index in [1.54, 1.807) is 0 Å². The first-order valence-corrected chi connectivity index (χ1v) is 9.29. The predicted octanol–water partition coefficient (Wildman–Crippen LogP) is 6.82. The molecular weight excluding hydrogens is 310 g/mol. The van der Waals surface area contributed by atoms with Crippen molar-refractivity contribution in [2.24, 2.45) is 7.05 Å². The fourth-order valence-electron chi connectivity index (χ4n) is 3.99. The van der Waals surface area contributed by atoms with Crippen LogP contribution in [-0.4, -0.2) is 4.57 Å². The van der Waals surface area contributed by atoms with Gasteiger partial charge in [-0.3, -0.25) is 0 Å². The lowest BCUT2D eigenvalue weighted by Crippen LogP contribution is -1.94. The van der Waals surface area contributed by atoms with E-state index < -0.39 is 0 Å². The third-order valence-corrected chi connectivity index (χ3v) is 6.30. The molecule has 0 aliphatic heterocycles. The van der Waals surface area contributed by atoms with Crippen molar-refractivity contribution in [3.8, 4) is 0 Å². The Hall–Kier alpha value is -2.32. The molecule has 0 amide bonds. The SMILES string of the molecule is CC(C)c1cccc2c3cc4sc5ccccc5c4cc3n(C)c12. The number of thiophene rings is 1. The maximum absolute atomic E-state index is 2.39. The maximum Gasteiger partial charge on any atom is 0.0523 e. The van der Waals surface area contributed by atoms with E-state index in [-0.39, 0.29) is 0 Å². The van der Waals surface area contributed by atoms with Crippen LogP contribution in [0.2, 0.25) is 0 Å². The van der Waals surface area contributed by atoms with Crippen molar-refractivity contribution >= 4 is 53.3 Å². The Kier molecular flexibility index (Phi) is 2.84. The van der Waals surface area contributed by atoms with Gasteiger partial charge in [-0.1, -0.05) is 50.2 Å². The lowest BCUT2D eigenvalue weighted by molar-refractivity contribution is 0.862. The van der Waals surface area contributed by atoms with Gasteiger partial charge in [0.1, 0.15) is 0 Å². The number of aromatic nitrogens is 1. The molecule has 0 radical (unpaired) electrons. The molecule has 2 aromatic heterocycles. The Morgan fingerprint density at radius 1 is 0.792 bits per heavy atom. The molecular formula is C22H19NS. The van der Waals surface area contributed by atoms with E-state index >= 15 is 0 Å². The summed E-state index contributed by atoms with van der Waals surface area (Å²) in [6, 6.07) is 20.2. The summed E-state index contributed by atoms with van der Waals surface area (Å²) in [5.74, 6) is 0.527. The second-order valence-corrected chi connectivity index (χ2v) is 8.00. The van der Waals surface area contributed by atoms with E-state index in [1.807, 2.05) is 11.3 Å². The Morgan fingerprint density at radius 2 is 1.58 bits per heavy atom. The zero-order valence-corrected chi connectivity index (χ0v) is 14.9. The first-order chi connectivity index (χ1) is 11.6. The molecule has 118 valence electrons. The average molecular weight is 329 g/mol. The number of para-hydroxylation sites is 1. The van der Waals surface area contributed by atoms with E-state index in [1.165, 1.54) is 47.5 Å². The van der Waals surface area contributed by atoms with Crippen molar-refractivity contribution in [2.45, 2.75) is 19.8 Å². The topological polar surface area (TPSA) is 4.93 Å². The van der Waals surface area contributed by atoms with Gasteiger partial charge in [-0.25, -0.2) is 0 Å². The summed E-state index contributed by atoms with van der Waals surface area (Å²) in [5.41, 5.74) is 4.14. The number of aryl methyl sites for hydroxylation is 1. The van der Waals surface area contributed by atoms with Gasteiger partial charge in [0.05, 0.1) is 5.52 Å². The van der Waals surface area contributed by atoms with Crippen molar-refractivity contribution in [1.82, 2.24) is 4.57 Å². The van der Waals surface area contributed by atoms with Gasteiger partial charge in [0.25, 0.3) is 0 Å². The Bertz CT molecular complexity index is 1240. The van der Waals surface area contributed by atoms with Crippen LogP contribution in [0.25, 0.3) is 42.0 Å². The van der Waals surface area contributed by atoms with Crippen LogP contribution in [-0.2, 0) is 7.05 Å². The highest BCUT2D eigenvalue weighted by atomic mass is 32.1. The second kappa shape index (κ2) is 4.84. The summed E-state index contributed by atoms with van der Waals surface area (Å²) in [5, 5.41) is 5.49. The number of rotatable bonds is 1. The van der Waals surface area contributed by atoms with E-state index in [0.29, 0.717) is 5.92 Å². The smallest absolute Gasteiger partial charge is 0.0523 e. The van der Waals surface area contributed by atoms with Gasteiger partial charge in [-0.05, 0) is 29.7 Å². The van der Waals surface area contributed by atoms with Gasteiger partial charge >= 0.3 is 0 Å². The van der Waals surface area contributed by atoms with Crippen LogP contribution in [0.15, 0.2) is 54.6 Å². The summed E-state index contributed by atoms with van der Waals surface area (Å²) in [7, 11) is 2.21. The highest BCUT2D eigenvalue weighted by Crippen LogP contribution is 2.40. The molecule has 2 heteroatoms. The van der Waals surface area contributed by atoms with Gasteiger partial charge in [0.2, 0.25) is 0 Å². The van der Waals surface area contributed by atoms with Gasteiger partial charge < -0.3 is 4.57 Å². The molecule has 2 heterocycles. The van der Waals surface area contributed by atoms with Crippen molar-refractivity contribution in [3.63, 3.8) is 0 Å². The van der Waals surface area contributed by atoms with Crippen molar-refractivity contribution < 1.29 is 0 Å². The number of nitrogens with zero attached hydrogens (tertiary/aromatic N) is 1. The molecule has 3 aromatic carbocycles. The third-order valence-electron chi connectivity index (χ3n) is 5.17. The molecule has 0 bridgehead atoms. The fourth-order valence-corrected chi connectivity index (χ4v) is 5.12. The number of hydrogen-bond donors (Lipinski definition) is 0. The molecule has 0 N–H and O–H groups in total. The van der Waals surface area contributed by atoms with Gasteiger partial charge in [0.15, 0.2) is 0 Å². The number of benzene rings is 3. The maximum atomic E-state index is 2.39. The zero-order chi connectivity index (χ0) is 16.4. The molecule has 0 aliphatic carbocycles. The van der Waals surface area contributed by atoms with Crippen molar-refractivity contribution in [2.75, 3.05) is 0 Å². The highest BCUT2D eigenvalue weighted by molar-refractivity contribution is 7.25. The van der Waals surface area contributed by atoms with Gasteiger partial charge in [-0.2, -0.15) is 0 Å². The molecule has 24 heavy (non-hydrogen) atoms. The minimum Gasteiger partial charge on any atom is -0.343 e. The van der Waals surface area contributed by atoms with Gasteiger partial charge in [-0.15, -0.1) is 11.3 Å². The van der Waals surface area contributed by atoms with E-state index in [0.717, 1.165) is 0 Å². The van der Waals surface area contributed by atoms with Crippen molar-refractivity contribution in [3.05, 3.63) is 60.2 Å². The van der Waals surface area contributed by atoms with Gasteiger partial charge in [0, 0.05) is 43.5 Å². The predicted molar refractivity (Wildman–Crippen MR) is 107 cm³/mol. The van der Waals surface area contributed by atoms with E-state index in [2.05, 4.69) is 80.1 Å². The molecule has 0 aliphatic rings. The van der Waals surface area contributed by atoms with Crippen LogP contribution >= 0.6 is 11.3 Å². The first kappa shape index (κ1) is 14.1. The van der Waals surface area contributed by atoms with Crippen LogP contribution < -0.4 is 0 Å². The Balaban J connectivity index is 2.01. The minimum atomic E-state index is 0.527. The lowest BCUT2D eigenvalue weighted by Gasteiger charge is -2.09. The Labute approximate surface area is 145 Å². The number of hydrogen-bond acceptors (Lipinski definition) is 1. The average Bonchev–Trinajstić information content (AvgIpc) is 3.09. The normalized spacial score (nSPS) is 12.3. The molecule has 0 unspecified atom stereocenters. The molecule has 0 spiro atoms. The van der Waals surface area contributed by atoms with E-state index in [4.69, 9.17) is 0 Å². The highest BCUT2D eigenvalue weighted by Gasteiger charge is 2.15. The summed E-state index contributed by atoms with van der Waals surface area (Å²) < 4.78 is 5.13. The van der Waals surface area contributed by atoms with E-state index in [9.17, 15) is 0 Å². The summed E-state index contributed by atoms with van der Waals surface area (Å²) in [6.07, 6.45) is 0. The molecule has 5 aromatic rings. The standard InChI is InChI=1S/C22H19NS/c1-13(2)14-8-6-9-16-17-12-21-18(11-19(17)23(3)22(14)16)15-7-4-5-10-20(15)24-21/h4-13H,1-3H3. The van der Waals surface area contributed by atoms with Crippen molar-refractivity contribution in [1.29, 1.82) is 0 Å². The minimum absolute atomic E-state index is 0.527. The molecule has 5 rings (SSSR count). The van der Waals surface area contributed by atoms with Crippen LogP contribution in [0, 0.1) is 0 Å². The molecule has 0 fully saturated rings. The molecule has 0 saturated carbocycles. The first-order valence-electron chi connectivity index (χ1n) is 8.47.